The Hall–Kier alpha value is -2.61. The maximum absolute atomic E-state index is 5.78. The highest BCUT2D eigenvalue weighted by Crippen LogP contribution is 2.32. The van der Waals surface area contributed by atoms with E-state index in [1.165, 1.54) is 5.69 Å². The summed E-state index contributed by atoms with van der Waals surface area (Å²) < 4.78 is 15.4. The van der Waals surface area contributed by atoms with E-state index < -0.39 is 0 Å². The van der Waals surface area contributed by atoms with E-state index >= 15 is 0 Å². The van der Waals surface area contributed by atoms with Gasteiger partial charge in [0.15, 0.2) is 0 Å². The predicted octanol–water partition coefficient (Wildman–Crippen LogP) is 3.21. The van der Waals surface area contributed by atoms with Crippen LogP contribution in [0.1, 0.15) is 32.5 Å². The number of nitrogens with one attached hydrogen (secondary N) is 1. The Kier molecular flexibility index (Phi) is 4.51. The lowest BCUT2D eigenvalue weighted by atomic mass is 10.1. The van der Waals surface area contributed by atoms with Gasteiger partial charge in [0, 0.05) is 30.2 Å². The molecule has 3 aromatic rings. The molecular weight excluding hydrogens is 344 g/mol. The van der Waals surface area contributed by atoms with Gasteiger partial charge in [0.2, 0.25) is 5.95 Å². The van der Waals surface area contributed by atoms with E-state index in [9.17, 15) is 0 Å². The fourth-order valence-electron chi connectivity index (χ4n) is 3.58. The maximum Gasteiger partial charge on any atom is 0.257 e. The van der Waals surface area contributed by atoms with Crippen molar-refractivity contribution in [2.75, 3.05) is 18.5 Å². The third-order valence-electron chi connectivity index (χ3n) is 4.82. The highest BCUT2D eigenvalue weighted by atomic mass is 16.5. The molecule has 144 valence electrons. The first-order valence-corrected chi connectivity index (χ1v) is 9.32. The van der Waals surface area contributed by atoms with Gasteiger partial charge < -0.3 is 19.4 Å². The Labute approximate surface area is 158 Å². The van der Waals surface area contributed by atoms with Crippen LogP contribution in [0.5, 0.6) is 5.88 Å². The lowest BCUT2D eigenvalue weighted by molar-refractivity contribution is 0.182. The highest BCUT2D eigenvalue weighted by Gasteiger charge is 2.28. The van der Waals surface area contributed by atoms with E-state index in [-0.39, 0.29) is 6.10 Å². The van der Waals surface area contributed by atoms with E-state index in [1.54, 1.807) is 4.68 Å². The van der Waals surface area contributed by atoms with Crippen LogP contribution >= 0.6 is 0 Å². The molecule has 3 aromatic heterocycles. The van der Waals surface area contributed by atoms with Crippen molar-refractivity contribution >= 4 is 22.7 Å². The van der Waals surface area contributed by atoms with Crippen molar-refractivity contribution in [3.05, 3.63) is 24.2 Å². The average molecular weight is 370 g/mol. The van der Waals surface area contributed by atoms with Crippen LogP contribution in [0.3, 0.4) is 0 Å². The van der Waals surface area contributed by atoms with Crippen molar-refractivity contribution < 1.29 is 9.47 Å². The minimum absolute atomic E-state index is 0.0348. The van der Waals surface area contributed by atoms with Crippen LogP contribution in [-0.2, 0) is 11.8 Å². The van der Waals surface area contributed by atoms with E-state index in [4.69, 9.17) is 14.5 Å². The zero-order chi connectivity index (χ0) is 19.1. The predicted molar refractivity (Wildman–Crippen MR) is 104 cm³/mol. The van der Waals surface area contributed by atoms with Gasteiger partial charge in [-0.25, -0.2) is 4.98 Å². The van der Waals surface area contributed by atoms with Crippen LogP contribution < -0.4 is 10.1 Å². The molecule has 0 aliphatic carbocycles. The Bertz CT molecular complexity index is 961. The average Bonchev–Trinajstić information content (AvgIpc) is 3.24. The monoisotopic (exact) mass is 370 g/mol. The number of hydrogen-bond acceptors (Lipinski definition) is 6. The van der Waals surface area contributed by atoms with Crippen molar-refractivity contribution in [1.29, 1.82) is 0 Å². The van der Waals surface area contributed by atoms with Crippen LogP contribution in [0.2, 0.25) is 0 Å². The lowest BCUT2D eigenvalue weighted by Gasteiger charge is -2.18. The molecule has 8 heteroatoms. The number of hydrogen-bond donors (Lipinski definition) is 1. The van der Waals surface area contributed by atoms with E-state index in [2.05, 4.69) is 39.9 Å². The van der Waals surface area contributed by atoms with Gasteiger partial charge in [-0.3, -0.25) is 4.68 Å². The number of aromatic nitrogens is 5. The van der Waals surface area contributed by atoms with Crippen molar-refractivity contribution in [2.24, 2.45) is 13.0 Å². The third-order valence-corrected chi connectivity index (χ3v) is 4.82. The molecule has 0 amide bonds. The summed E-state index contributed by atoms with van der Waals surface area (Å²) >= 11 is 0. The summed E-state index contributed by atoms with van der Waals surface area (Å²) in [6.45, 7) is 9.77. The van der Waals surface area contributed by atoms with Gasteiger partial charge in [-0.15, -0.1) is 5.10 Å². The first kappa shape index (κ1) is 17.8. The van der Waals surface area contributed by atoms with Crippen molar-refractivity contribution in [3.63, 3.8) is 0 Å². The molecule has 1 fully saturated rings. The summed E-state index contributed by atoms with van der Waals surface area (Å²) in [5.41, 5.74) is 2.84. The summed E-state index contributed by atoms with van der Waals surface area (Å²) in [6, 6.07) is 2.42. The van der Waals surface area contributed by atoms with E-state index in [0.29, 0.717) is 30.4 Å². The number of ether oxygens (including phenoxy) is 2. The minimum Gasteiger partial charge on any atom is -0.472 e. The normalized spacial score (nSPS) is 19.9. The zero-order valence-electron chi connectivity index (χ0n) is 16.4. The van der Waals surface area contributed by atoms with Crippen molar-refractivity contribution in [1.82, 2.24) is 24.3 Å². The fraction of sp³-hybridized carbons (Fsp3) is 0.526. The van der Waals surface area contributed by atoms with Crippen LogP contribution in [0, 0.1) is 12.8 Å². The molecule has 4 rings (SSSR count). The number of rotatable bonds is 5. The van der Waals surface area contributed by atoms with Crippen LogP contribution in [-0.4, -0.2) is 43.6 Å². The van der Waals surface area contributed by atoms with Gasteiger partial charge in [-0.2, -0.15) is 4.98 Å². The zero-order valence-corrected chi connectivity index (χ0v) is 16.4. The Balaban J connectivity index is 1.70. The first-order valence-electron chi connectivity index (χ1n) is 9.32. The highest BCUT2D eigenvalue weighted by molar-refractivity contribution is 5.78. The number of fused-ring (bicyclic) bond motifs is 1. The quantitative estimate of drug-likeness (QED) is 0.743. The van der Waals surface area contributed by atoms with Gasteiger partial charge in [-0.05, 0) is 26.8 Å². The third kappa shape index (κ3) is 3.37. The SMILES string of the molecule is Cc1cc2cnc(Nc3cn(C)nc3OC(C)C)nc2n1C1COCC1C. The largest absolute Gasteiger partial charge is 0.472 e. The van der Waals surface area contributed by atoms with Crippen LogP contribution in [0.25, 0.3) is 11.0 Å². The van der Waals surface area contributed by atoms with Gasteiger partial charge in [0.25, 0.3) is 5.88 Å². The molecule has 0 aromatic carbocycles. The number of nitrogens with zero attached hydrogens (tertiary/aromatic N) is 5. The molecule has 0 bridgehead atoms. The van der Waals surface area contributed by atoms with Gasteiger partial charge in [0.05, 0.1) is 31.6 Å². The summed E-state index contributed by atoms with van der Waals surface area (Å²) in [4.78, 5) is 9.26. The fourth-order valence-corrected chi connectivity index (χ4v) is 3.58. The minimum atomic E-state index is 0.0348. The van der Waals surface area contributed by atoms with Crippen molar-refractivity contribution in [3.8, 4) is 5.88 Å². The summed E-state index contributed by atoms with van der Waals surface area (Å²) in [5.74, 6) is 1.52. The molecule has 1 aliphatic heterocycles. The molecule has 1 aliphatic rings. The number of aryl methyl sites for hydroxylation is 2. The van der Waals surface area contributed by atoms with Crippen LogP contribution in [0.15, 0.2) is 18.5 Å². The molecule has 1 saturated heterocycles. The molecule has 0 radical (unpaired) electrons. The second-order valence-electron chi connectivity index (χ2n) is 7.52. The molecule has 2 unspecified atom stereocenters. The molecular formula is C19H26N6O2. The second kappa shape index (κ2) is 6.84. The van der Waals surface area contributed by atoms with Gasteiger partial charge in [-0.1, -0.05) is 6.92 Å². The Morgan fingerprint density at radius 3 is 2.85 bits per heavy atom. The first-order chi connectivity index (χ1) is 12.9. The smallest absolute Gasteiger partial charge is 0.257 e. The number of anilines is 2. The molecule has 27 heavy (non-hydrogen) atoms. The molecule has 2 atom stereocenters. The second-order valence-corrected chi connectivity index (χ2v) is 7.52. The lowest BCUT2D eigenvalue weighted by Crippen LogP contribution is -2.17. The summed E-state index contributed by atoms with van der Waals surface area (Å²) in [6.07, 6.45) is 3.75. The molecule has 1 N–H and O–H groups in total. The van der Waals surface area contributed by atoms with Crippen molar-refractivity contribution in [2.45, 2.75) is 39.8 Å². The standard InChI is InChI=1S/C19H26N6O2/c1-11(2)27-18-15(8-24(5)23-18)21-19-20-7-14-6-13(4)25(17(14)22-19)16-10-26-9-12(16)3/h6-8,11-12,16H,9-10H2,1-5H3,(H,20,21,22). The Morgan fingerprint density at radius 2 is 2.15 bits per heavy atom. The van der Waals surface area contributed by atoms with Crippen LogP contribution in [0.4, 0.5) is 11.6 Å². The molecule has 0 saturated carbocycles. The molecule has 0 spiro atoms. The summed E-state index contributed by atoms with van der Waals surface area (Å²) in [5, 5.41) is 8.64. The summed E-state index contributed by atoms with van der Waals surface area (Å²) in [7, 11) is 1.86. The van der Waals surface area contributed by atoms with Gasteiger partial charge >= 0.3 is 0 Å². The van der Waals surface area contributed by atoms with E-state index in [1.807, 2.05) is 33.3 Å². The topological polar surface area (TPSA) is 79.0 Å². The Morgan fingerprint density at radius 1 is 1.33 bits per heavy atom. The van der Waals surface area contributed by atoms with Gasteiger partial charge in [0.1, 0.15) is 11.3 Å². The molecule has 8 nitrogen and oxygen atoms in total. The maximum atomic E-state index is 5.78. The molecule has 4 heterocycles. The van der Waals surface area contributed by atoms with E-state index in [0.717, 1.165) is 23.3 Å².